The zero-order chi connectivity index (χ0) is 19.8. The summed E-state index contributed by atoms with van der Waals surface area (Å²) in [6.45, 7) is 0. The molecule has 144 valence electrons. The second kappa shape index (κ2) is 7.71. The van der Waals surface area contributed by atoms with Crippen molar-refractivity contribution in [3.63, 3.8) is 0 Å². The Kier molecular flexibility index (Phi) is 4.92. The molecule has 29 heavy (non-hydrogen) atoms. The van der Waals surface area contributed by atoms with Crippen molar-refractivity contribution in [1.29, 1.82) is 0 Å². The van der Waals surface area contributed by atoms with Crippen molar-refractivity contribution in [2.45, 2.75) is 0 Å². The van der Waals surface area contributed by atoms with E-state index in [1.807, 2.05) is 6.07 Å². The van der Waals surface area contributed by atoms with E-state index in [1.54, 1.807) is 22.7 Å². The van der Waals surface area contributed by atoms with Crippen molar-refractivity contribution in [3.8, 4) is 0 Å². The highest BCUT2D eigenvalue weighted by Crippen LogP contribution is 2.37. The second-order valence-electron chi connectivity index (χ2n) is 6.65. The largest absolute Gasteiger partial charge is 0.320 e. The number of hydrogen-bond acceptors (Lipinski definition) is 4. The van der Waals surface area contributed by atoms with E-state index in [-0.39, 0.29) is 0 Å². The minimum absolute atomic E-state index is 0.994. The number of para-hydroxylation sites is 2. The molecular weight excluding hydrogens is 415 g/mol. The third-order valence-electron chi connectivity index (χ3n) is 4.78. The summed E-state index contributed by atoms with van der Waals surface area (Å²) in [5, 5.41) is 1.15. The third-order valence-corrected chi connectivity index (χ3v) is 8.79. The molecule has 0 N–H and O–H groups in total. The summed E-state index contributed by atoms with van der Waals surface area (Å²) in [6.07, 6.45) is 0. The lowest BCUT2D eigenvalue weighted by atomic mass is 10.3. The molecule has 0 amide bonds. The van der Waals surface area contributed by atoms with Crippen LogP contribution in [0.4, 0.5) is 0 Å². The average molecular weight is 435 g/mol. The fraction of sp³-hybridized carbons (Fsp3) is 0.0909. The van der Waals surface area contributed by atoms with Crippen molar-refractivity contribution < 1.29 is 0 Å². The summed E-state index contributed by atoms with van der Waals surface area (Å²) < 4.78 is 17.1. The first-order chi connectivity index (χ1) is 14.2. The molecule has 2 heterocycles. The number of aryl methyl sites for hydroxylation is 2. The zero-order valence-electron chi connectivity index (χ0n) is 16.1. The quantitative estimate of drug-likeness (QED) is 0.361. The molecule has 0 spiro atoms. The van der Waals surface area contributed by atoms with Crippen LogP contribution >= 0.6 is 30.9 Å². The van der Waals surface area contributed by atoms with Crippen LogP contribution in [0.5, 0.6) is 0 Å². The number of fused-ring (bicyclic) bond motifs is 2. The van der Waals surface area contributed by atoms with Gasteiger partial charge in [0.25, 0.3) is 0 Å². The zero-order valence-corrected chi connectivity index (χ0v) is 18.6. The number of nitrogens with zero attached hydrogens (tertiary/aromatic N) is 4. The van der Waals surface area contributed by atoms with Gasteiger partial charge in [0.15, 0.2) is 17.8 Å². The smallest absolute Gasteiger partial charge is 0.191 e. The van der Waals surface area contributed by atoms with Gasteiger partial charge in [-0.1, -0.05) is 77.3 Å². The Morgan fingerprint density at radius 1 is 0.621 bits per heavy atom. The van der Waals surface area contributed by atoms with Crippen molar-refractivity contribution in [2.75, 3.05) is 0 Å². The molecule has 1 atom stereocenters. The fourth-order valence-electron chi connectivity index (χ4n) is 3.22. The lowest BCUT2D eigenvalue weighted by molar-refractivity contribution is 0.914. The molecule has 4 nitrogen and oxygen atoms in total. The van der Waals surface area contributed by atoms with E-state index in [2.05, 4.69) is 96.0 Å². The Labute approximate surface area is 177 Å². The van der Waals surface area contributed by atoms with E-state index >= 15 is 0 Å². The Hall–Kier alpha value is -2.53. The average Bonchev–Trinajstić information content (AvgIpc) is 3.25. The highest BCUT2D eigenvalue weighted by molar-refractivity contribution is 7.62. The third kappa shape index (κ3) is 3.48. The van der Waals surface area contributed by atoms with Gasteiger partial charge in [0.2, 0.25) is 0 Å². The number of benzene rings is 3. The van der Waals surface area contributed by atoms with Gasteiger partial charge in [0.05, 0.1) is 20.4 Å². The van der Waals surface area contributed by atoms with Gasteiger partial charge >= 0.3 is 0 Å². The molecule has 2 aromatic heterocycles. The molecule has 0 saturated carbocycles. The highest BCUT2D eigenvalue weighted by Gasteiger charge is 2.12. The Morgan fingerprint density at radius 2 is 1.07 bits per heavy atom. The Bertz CT molecular complexity index is 1350. The number of hydrogen-bond donors (Lipinski definition) is 0. The maximum atomic E-state index is 5.15. The summed E-state index contributed by atoms with van der Waals surface area (Å²) >= 11 is 3.43. The Morgan fingerprint density at radius 3 is 1.55 bits per heavy atom. The summed E-state index contributed by atoms with van der Waals surface area (Å²) in [5.74, 6) is 0. The number of rotatable bonds is 3. The van der Waals surface area contributed by atoms with Crippen LogP contribution in [0.3, 0.4) is 0 Å². The monoisotopic (exact) mass is 434 g/mol. The van der Waals surface area contributed by atoms with Gasteiger partial charge in [0, 0.05) is 19.4 Å². The molecule has 0 radical (unpaired) electrons. The lowest BCUT2D eigenvalue weighted by Gasteiger charge is -2.06. The SMILES string of the molecule is Cn1/c(=N/P(/N=c2/sc3ccccc3n2C)c2ccccc2)sc2ccccc21. The number of aromatic nitrogens is 2. The molecule has 5 aromatic rings. The molecule has 0 aliphatic rings. The van der Waals surface area contributed by atoms with Crippen molar-refractivity contribution in [3.05, 3.63) is 88.5 Å². The summed E-state index contributed by atoms with van der Waals surface area (Å²) in [7, 11) is 3.07. The molecule has 0 aliphatic carbocycles. The molecular formula is C22H19N4PS2. The predicted octanol–water partition coefficient (Wildman–Crippen LogP) is 4.93. The van der Waals surface area contributed by atoms with Crippen LogP contribution < -0.4 is 14.9 Å². The van der Waals surface area contributed by atoms with E-state index in [9.17, 15) is 0 Å². The molecule has 0 fully saturated rings. The van der Waals surface area contributed by atoms with Crippen LogP contribution in [0.25, 0.3) is 20.4 Å². The molecule has 5 rings (SSSR count). The van der Waals surface area contributed by atoms with E-state index in [0.29, 0.717) is 0 Å². The van der Waals surface area contributed by atoms with E-state index in [0.717, 1.165) is 14.9 Å². The normalized spacial score (nSPS) is 14.1. The van der Waals surface area contributed by atoms with Crippen LogP contribution in [0.15, 0.2) is 88.4 Å². The van der Waals surface area contributed by atoms with E-state index in [4.69, 9.17) is 9.53 Å². The van der Waals surface area contributed by atoms with Crippen LogP contribution in [-0.2, 0) is 14.1 Å². The Balaban J connectivity index is 1.74. The molecule has 3 aromatic carbocycles. The first-order valence-electron chi connectivity index (χ1n) is 9.24. The summed E-state index contributed by atoms with van der Waals surface area (Å²) in [5.41, 5.74) is 2.40. The lowest BCUT2D eigenvalue weighted by Crippen LogP contribution is -2.13. The molecule has 0 bridgehead atoms. The minimum atomic E-state index is -1.09. The van der Waals surface area contributed by atoms with Crippen molar-refractivity contribution in [2.24, 2.45) is 23.6 Å². The second-order valence-corrected chi connectivity index (χ2v) is 10.2. The summed E-state index contributed by atoms with van der Waals surface area (Å²) in [4.78, 5) is 1.99. The molecule has 7 heteroatoms. The van der Waals surface area contributed by atoms with Crippen LogP contribution in [0.2, 0.25) is 0 Å². The van der Waals surface area contributed by atoms with Gasteiger partial charge in [-0.2, -0.15) is 0 Å². The van der Waals surface area contributed by atoms with E-state index < -0.39 is 8.22 Å². The van der Waals surface area contributed by atoms with Crippen molar-refractivity contribution >= 4 is 56.6 Å². The van der Waals surface area contributed by atoms with Gasteiger partial charge in [-0.25, -0.2) is 9.53 Å². The molecule has 1 unspecified atom stereocenters. The first-order valence-corrected chi connectivity index (χ1v) is 12.1. The predicted molar refractivity (Wildman–Crippen MR) is 126 cm³/mol. The van der Waals surface area contributed by atoms with E-state index in [1.165, 1.54) is 20.4 Å². The minimum Gasteiger partial charge on any atom is -0.320 e. The van der Waals surface area contributed by atoms with Gasteiger partial charge in [-0.05, 0) is 24.3 Å². The van der Waals surface area contributed by atoms with Crippen LogP contribution in [-0.4, -0.2) is 9.13 Å². The molecule has 0 saturated heterocycles. The standard InChI is InChI=1S/C22H19N4PS2/c1-25-17-12-6-8-14-19(17)28-21(25)23-27(16-10-4-3-5-11-16)24-22-26(2)18-13-7-9-15-20(18)29-22/h3-15H,1-2H3/b23-21-,24-22+. The molecule has 0 aliphatic heterocycles. The maximum Gasteiger partial charge on any atom is 0.191 e. The van der Waals surface area contributed by atoms with Gasteiger partial charge < -0.3 is 9.13 Å². The number of thiazole rings is 2. The van der Waals surface area contributed by atoms with Crippen LogP contribution in [0, 0.1) is 0 Å². The first kappa shape index (κ1) is 18.5. The van der Waals surface area contributed by atoms with Gasteiger partial charge in [0.1, 0.15) is 0 Å². The highest BCUT2D eigenvalue weighted by atomic mass is 32.1. The van der Waals surface area contributed by atoms with Gasteiger partial charge in [-0.15, -0.1) is 0 Å². The topological polar surface area (TPSA) is 34.6 Å². The summed E-state index contributed by atoms with van der Waals surface area (Å²) in [6, 6.07) is 27.3. The van der Waals surface area contributed by atoms with Gasteiger partial charge in [-0.3, -0.25) is 0 Å². The van der Waals surface area contributed by atoms with Crippen molar-refractivity contribution in [1.82, 2.24) is 9.13 Å². The maximum absolute atomic E-state index is 5.15. The van der Waals surface area contributed by atoms with Crippen LogP contribution in [0.1, 0.15) is 0 Å². The fourth-order valence-corrected chi connectivity index (χ4v) is 7.09.